The van der Waals surface area contributed by atoms with Gasteiger partial charge in [0.2, 0.25) is 0 Å². The van der Waals surface area contributed by atoms with Crippen LogP contribution in [0.3, 0.4) is 0 Å². The Morgan fingerprint density at radius 2 is 2.14 bits per heavy atom. The smallest absolute Gasteiger partial charge is 0.309 e. The lowest BCUT2D eigenvalue weighted by molar-refractivity contribution is -0.157. The standard InChI is InChI=1S/C11H20O3/c1-5-9(12)7-6-8(7)10(13)14-11(2,3)4/h7-9,12H,5-6H2,1-4H3/t7-,8-,9-/m1/s1. The van der Waals surface area contributed by atoms with Crippen LogP contribution in [0.2, 0.25) is 0 Å². The minimum Gasteiger partial charge on any atom is -0.460 e. The quantitative estimate of drug-likeness (QED) is 0.706. The summed E-state index contributed by atoms with van der Waals surface area (Å²) in [5, 5.41) is 9.51. The van der Waals surface area contributed by atoms with Gasteiger partial charge in [-0.25, -0.2) is 0 Å². The average Bonchev–Trinajstić information content (AvgIpc) is 2.78. The van der Waals surface area contributed by atoms with Gasteiger partial charge in [-0.1, -0.05) is 6.92 Å². The lowest BCUT2D eigenvalue weighted by Gasteiger charge is -2.19. The fourth-order valence-electron chi connectivity index (χ4n) is 1.59. The predicted octanol–water partition coefficient (Wildman–Crippen LogP) is 1.74. The first-order valence-electron chi connectivity index (χ1n) is 5.26. The maximum absolute atomic E-state index is 11.5. The molecule has 3 atom stereocenters. The van der Waals surface area contributed by atoms with Gasteiger partial charge in [-0.2, -0.15) is 0 Å². The third-order valence-electron chi connectivity index (χ3n) is 2.46. The van der Waals surface area contributed by atoms with Crippen LogP contribution < -0.4 is 0 Å². The zero-order valence-corrected chi connectivity index (χ0v) is 9.41. The van der Waals surface area contributed by atoms with Gasteiger partial charge in [0.05, 0.1) is 12.0 Å². The van der Waals surface area contributed by atoms with Crippen LogP contribution in [-0.2, 0) is 9.53 Å². The van der Waals surface area contributed by atoms with E-state index in [0.29, 0.717) is 6.42 Å². The third-order valence-corrected chi connectivity index (χ3v) is 2.46. The minimum atomic E-state index is -0.415. The third kappa shape index (κ3) is 2.98. The van der Waals surface area contributed by atoms with Crippen LogP contribution in [0.5, 0.6) is 0 Å². The number of esters is 1. The summed E-state index contributed by atoms with van der Waals surface area (Å²) < 4.78 is 5.24. The SMILES string of the molecule is CC[C@@H](O)[C@@H]1C[C@H]1C(=O)OC(C)(C)C. The fraction of sp³-hybridized carbons (Fsp3) is 0.909. The molecule has 1 saturated carbocycles. The number of carbonyl (C=O) groups is 1. The van der Waals surface area contributed by atoms with Gasteiger partial charge in [-0.05, 0) is 39.5 Å². The number of aliphatic hydroxyl groups is 1. The van der Waals surface area contributed by atoms with Gasteiger partial charge in [0, 0.05) is 0 Å². The first-order valence-corrected chi connectivity index (χ1v) is 5.26. The van der Waals surface area contributed by atoms with Crippen LogP contribution in [0.15, 0.2) is 0 Å². The predicted molar refractivity (Wildman–Crippen MR) is 53.7 cm³/mol. The number of hydrogen-bond acceptors (Lipinski definition) is 3. The maximum atomic E-state index is 11.5. The normalized spacial score (nSPS) is 28.4. The molecule has 1 rings (SSSR count). The highest BCUT2D eigenvalue weighted by molar-refractivity contribution is 5.76. The molecule has 3 heteroatoms. The average molecular weight is 200 g/mol. The van der Waals surface area contributed by atoms with Crippen molar-refractivity contribution in [2.24, 2.45) is 11.8 Å². The Hall–Kier alpha value is -0.570. The molecule has 82 valence electrons. The Balaban J connectivity index is 2.36. The van der Waals surface area contributed by atoms with E-state index in [0.717, 1.165) is 6.42 Å². The van der Waals surface area contributed by atoms with E-state index in [1.165, 1.54) is 0 Å². The van der Waals surface area contributed by atoms with E-state index in [-0.39, 0.29) is 23.9 Å². The van der Waals surface area contributed by atoms with Gasteiger partial charge < -0.3 is 9.84 Å². The van der Waals surface area contributed by atoms with Crippen LogP contribution in [0.4, 0.5) is 0 Å². The summed E-state index contributed by atoms with van der Waals surface area (Å²) in [6, 6.07) is 0. The molecule has 0 radical (unpaired) electrons. The number of rotatable bonds is 3. The van der Waals surface area contributed by atoms with E-state index in [1.807, 2.05) is 27.7 Å². The molecule has 1 aliphatic rings. The molecular weight excluding hydrogens is 180 g/mol. The topological polar surface area (TPSA) is 46.5 Å². The van der Waals surface area contributed by atoms with E-state index in [1.54, 1.807) is 0 Å². The molecule has 0 aromatic rings. The summed E-state index contributed by atoms with van der Waals surface area (Å²) in [7, 11) is 0. The number of carbonyl (C=O) groups excluding carboxylic acids is 1. The minimum absolute atomic E-state index is 0.0656. The second kappa shape index (κ2) is 3.89. The molecule has 0 aromatic heterocycles. The lowest BCUT2D eigenvalue weighted by Crippen LogP contribution is -2.26. The zero-order chi connectivity index (χ0) is 10.9. The van der Waals surface area contributed by atoms with Crippen molar-refractivity contribution in [2.75, 3.05) is 0 Å². The van der Waals surface area contributed by atoms with E-state index < -0.39 is 5.60 Å². The van der Waals surface area contributed by atoms with Crippen molar-refractivity contribution in [3.8, 4) is 0 Å². The Morgan fingerprint density at radius 1 is 1.57 bits per heavy atom. The van der Waals surface area contributed by atoms with Crippen LogP contribution in [0.25, 0.3) is 0 Å². The summed E-state index contributed by atoms with van der Waals surface area (Å²) in [5.74, 6) is -0.0889. The molecule has 1 N–H and O–H groups in total. The summed E-state index contributed by atoms with van der Waals surface area (Å²) in [5.41, 5.74) is -0.415. The summed E-state index contributed by atoms with van der Waals surface area (Å²) in [4.78, 5) is 11.5. The van der Waals surface area contributed by atoms with Gasteiger partial charge in [0.25, 0.3) is 0 Å². The van der Waals surface area contributed by atoms with Crippen LogP contribution in [0.1, 0.15) is 40.5 Å². The second-order valence-electron chi connectivity index (χ2n) is 5.02. The molecule has 3 nitrogen and oxygen atoms in total. The van der Waals surface area contributed by atoms with Crippen molar-refractivity contribution in [1.29, 1.82) is 0 Å². The molecule has 0 bridgehead atoms. The fourth-order valence-corrected chi connectivity index (χ4v) is 1.59. The van der Waals surface area contributed by atoms with Crippen molar-refractivity contribution < 1.29 is 14.6 Å². The van der Waals surface area contributed by atoms with Gasteiger partial charge in [-0.15, -0.1) is 0 Å². The monoisotopic (exact) mass is 200 g/mol. The Morgan fingerprint density at radius 3 is 2.57 bits per heavy atom. The highest BCUT2D eigenvalue weighted by Gasteiger charge is 2.48. The van der Waals surface area contributed by atoms with Crippen LogP contribution in [0, 0.1) is 11.8 Å². The largest absolute Gasteiger partial charge is 0.460 e. The van der Waals surface area contributed by atoms with Crippen molar-refractivity contribution in [3.63, 3.8) is 0 Å². The molecule has 0 amide bonds. The highest BCUT2D eigenvalue weighted by atomic mass is 16.6. The molecule has 14 heavy (non-hydrogen) atoms. The summed E-state index contributed by atoms with van der Waals surface area (Å²) in [6.45, 7) is 7.50. The lowest BCUT2D eigenvalue weighted by atomic mass is 10.1. The molecular formula is C11H20O3. The van der Waals surface area contributed by atoms with Gasteiger partial charge >= 0.3 is 5.97 Å². The molecule has 1 fully saturated rings. The molecule has 0 saturated heterocycles. The van der Waals surface area contributed by atoms with Gasteiger partial charge in [0.15, 0.2) is 0 Å². The molecule has 0 aliphatic heterocycles. The van der Waals surface area contributed by atoms with Crippen molar-refractivity contribution in [3.05, 3.63) is 0 Å². The van der Waals surface area contributed by atoms with E-state index in [4.69, 9.17) is 4.74 Å². The summed E-state index contributed by atoms with van der Waals surface area (Å²) >= 11 is 0. The summed E-state index contributed by atoms with van der Waals surface area (Å²) in [6.07, 6.45) is 1.15. The number of aliphatic hydroxyl groups excluding tert-OH is 1. The van der Waals surface area contributed by atoms with E-state index >= 15 is 0 Å². The molecule has 0 heterocycles. The van der Waals surface area contributed by atoms with Crippen LogP contribution in [-0.4, -0.2) is 22.8 Å². The van der Waals surface area contributed by atoms with Crippen LogP contribution >= 0.6 is 0 Å². The Kier molecular flexibility index (Phi) is 3.20. The number of hydrogen-bond donors (Lipinski definition) is 1. The van der Waals surface area contributed by atoms with E-state index in [9.17, 15) is 9.90 Å². The van der Waals surface area contributed by atoms with E-state index in [2.05, 4.69) is 0 Å². The first kappa shape index (κ1) is 11.5. The highest BCUT2D eigenvalue weighted by Crippen LogP contribution is 2.43. The molecule has 0 spiro atoms. The van der Waals surface area contributed by atoms with Crippen molar-refractivity contribution in [1.82, 2.24) is 0 Å². The van der Waals surface area contributed by atoms with Gasteiger partial charge in [0.1, 0.15) is 5.60 Å². The Bertz CT molecular complexity index is 217. The van der Waals surface area contributed by atoms with Crippen molar-refractivity contribution >= 4 is 5.97 Å². The molecule has 0 unspecified atom stereocenters. The first-order chi connectivity index (χ1) is 6.35. The molecule has 0 aromatic carbocycles. The van der Waals surface area contributed by atoms with Crippen molar-refractivity contribution in [2.45, 2.75) is 52.2 Å². The number of ether oxygens (including phenoxy) is 1. The molecule has 1 aliphatic carbocycles. The Labute approximate surface area is 85.5 Å². The second-order valence-corrected chi connectivity index (χ2v) is 5.02. The maximum Gasteiger partial charge on any atom is 0.309 e. The zero-order valence-electron chi connectivity index (χ0n) is 9.41. The van der Waals surface area contributed by atoms with Gasteiger partial charge in [-0.3, -0.25) is 4.79 Å².